The first-order valence-electron chi connectivity index (χ1n) is 15.7. The Hall–Kier alpha value is -4.21. The molecule has 1 saturated carbocycles. The number of nitrogens with zero attached hydrogens (tertiary/aromatic N) is 3. The van der Waals surface area contributed by atoms with Gasteiger partial charge in [-0.05, 0) is 72.9 Å². The summed E-state index contributed by atoms with van der Waals surface area (Å²) in [6, 6.07) is 11.4. The topological polar surface area (TPSA) is 113 Å². The van der Waals surface area contributed by atoms with E-state index in [-0.39, 0.29) is 42.0 Å². The van der Waals surface area contributed by atoms with Gasteiger partial charge >= 0.3 is 6.18 Å². The van der Waals surface area contributed by atoms with Crippen molar-refractivity contribution in [3.63, 3.8) is 0 Å². The molecule has 47 heavy (non-hydrogen) atoms. The van der Waals surface area contributed by atoms with Gasteiger partial charge in [0.05, 0.1) is 25.1 Å². The van der Waals surface area contributed by atoms with Crippen molar-refractivity contribution in [3.05, 3.63) is 64.7 Å². The van der Waals surface area contributed by atoms with Gasteiger partial charge in [-0.1, -0.05) is 31.0 Å². The number of alkyl halides is 3. The number of para-hydroxylation sites is 1. The highest BCUT2D eigenvalue weighted by Crippen LogP contribution is 2.39. The predicted molar refractivity (Wildman–Crippen MR) is 175 cm³/mol. The number of benzene rings is 2. The van der Waals surface area contributed by atoms with Gasteiger partial charge in [0, 0.05) is 63.4 Å². The van der Waals surface area contributed by atoms with Crippen molar-refractivity contribution in [3.8, 4) is 11.8 Å². The third-order valence-electron chi connectivity index (χ3n) is 9.02. The quantitative estimate of drug-likeness (QED) is 0.195. The van der Waals surface area contributed by atoms with Crippen LogP contribution in [0.25, 0.3) is 0 Å². The van der Waals surface area contributed by atoms with E-state index in [2.05, 4.69) is 24.1 Å². The van der Waals surface area contributed by atoms with Crippen LogP contribution in [0.1, 0.15) is 53.7 Å². The van der Waals surface area contributed by atoms with Crippen LogP contribution in [-0.2, 0) is 28.8 Å². The van der Waals surface area contributed by atoms with Gasteiger partial charge in [0.15, 0.2) is 0 Å². The summed E-state index contributed by atoms with van der Waals surface area (Å²) < 4.78 is 47.2. The lowest BCUT2D eigenvalue weighted by Crippen LogP contribution is -2.37. The van der Waals surface area contributed by atoms with Gasteiger partial charge in [0.25, 0.3) is 11.8 Å². The molecule has 0 bridgehead atoms. The molecule has 9 nitrogen and oxygen atoms in total. The third kappa shape index (κ3) is 8.58. The normalized spacial score (nSPS) is 21.6. The number of carbonyl (C=O) groups is 2. The lowest BCUT2D eigenvalue weighted by molar-refractivity contribution is -0.138. The third-order valence-corrected chi connectivity index (χ3v) is 9.02. The maximum Gasteiger partial charge on any atom is 0.416 e. The highest BCUT2D eigenvalue weighted by atomic mass is 19.4. The number of hydrogen-bond donors (Lipinski definition) is 3. The summed E-state index contributed by atoms with van der Waals surface area (Å²) in [5.74, 6) is 6.43. The Morgan fingerprint density at radius 2 is 1.85 bits per heavy atom. The number of rotatable bonds is 9. The Morgan fingerprint density at radius 1 is 1.17 bits per heavy atom. The summed E-state index contributed by atoms with van der Waals surface area (Å²) in [6.45, 7) is 5.82. The summed E-state index contributed by atoms with van der Waals surface area (Å²) in [5.41, 5.74) is 0.247. The van der Waals surface area contributed by atoms with Crippen LogP contribution in [0.15, 0.2) is 42.5 Å². The number of hydrogen-bond acceptors (Lipinski definition) is 6. The number of fused-ring (bicyclic) bond motifs is 1. The van der Waals surface area contributed by atoms with Crippen LogP contribution in [0, 0.1) is 46.3 Å². The molecular weight excluding hydrogens is 609 g/mol. The van der Waals surface area contributed by atoms with Crippen molar-refractivity contribution in [1.82, 2.24) is 15.1 Å². The van der Waals surface area contributed by atoms with Crippen molar-refractivity contribution in [2.75, 3.05) is 45.3 Å². The largest absolute Gasteiger partial charge is 0.416 e. The second-order valence-corrected chi connectivity index (χ2v) is 12.5. The van der Waals surface area contributed by atoms with Crippen molar-refractivity contribution >= 4 is 29.7 Å². The van der Waals surface area contributed by atoms with E-state index >= 15 is 0 Å². The Bertz CT molecular complexity index is 1510. The maximum absolute atomic E-state index is 14.0. The van der Waals surface area contributed by atoms with Crippen LogP contribution in [-0.4, -0.2) is 74.2 Å². The zero-order valence-corrected chi connectivity index (χ0v) is 27.3. The van der Waals surface area contributed by atoms with Crippen LogP contribution < -0.4 is 10.2 Å². The Kier molecular flexibility index (Phi) is 11.8. The van der Waals surface area contributed by atoms with Crippen molar-refractivity contribution in [2.45, 2.75) is 46.0 Å². The summed E-state index contributed by atoms with van der Waals surface area (Å²) >= 11 is 0. The first-order chi connectivity index (χ1) is 22.4. The SMILES string of the molecule is CC#CC(=O)N1CC(CNCc2cc3c(c(C(F)(F)F)c2)CN(c2ccccc2)C3=O)C(COC)C1.CC1CC(C(=N)N(C)C=N)C1. The molecule has 2 unspecified atom stereocenters. The molecule has 12 heteroatoms. The Balaban J connectivity index is 0.000000385. The molecule has 2 aliphatic heterocycles. The second kappa shape index (κ2) is 15.6. The van der Waals surface area contributed by atoms with Crippen molar-refractivity contribution in [1.29, 1.82) is 10.8 Å². The van der Waals surface area contributed by atoms with Crippen LogP contribution in [0.2, 0.25) is 0 Å². The summed E-state index contributed by atoms with van der Waals surface area (Å²) in [5, 5.41) is 17.8. The molecule has 5 rings (SSSR count). The van der Waals surface area contributed by atoms with Gasteiger partial charge in [0.2, 0.25) is 0 Å². The maximum atomic E-state index is 14.0. The fraction of sp³-hybridized carbons (Fsp3) is 0.486. The van der Waals surface area contributed by atoms with E-state index in [0.717, 1.165) is 24.8 Å². The number of anilines is 1. The lowest BCUT2D eigenvalue weighted by Gasteiger charge is -2.35. The van der Waals surface area contributed by atoms with Crippen molar-refractivity contribution < 1.29 is 27.5 Å². The second-order valence-electron chi connectivity index (χ2n) is 12.5. The highest BCUT2D eigenvalue weighted by Gasteiger charge is 2.41. The Morgan fingerprint density at radius 3 is 2.45 bits per heavy atom. The molecule has 1 saturated heterocycles. The van der Waals surface area contributed by atoms with E-state index in [1.807, 2.05) is 0 Å². The van der Waals surface area contributed by atoms with Gasteiger partial charge in [0.1, 0.15) is 5.84 Å². The van der Waals surface area contributed by atoms with Crippen LogP contribution >= 0.6 is 0 Å². The van der Waals surface area contributed by atoms with E-state index in [0.29, 0.717) is 49.2 Å². The molecule has 0 spiro atoms. The molecule has 0 radical (unpaired) electrons. The fourth-order valence-corrected chi connectivity index (χ4v) is 6.45. The minimum atomic E-state index is -4.58. The molecule has 1 aliphatic carbocycles. The van der Waals surface area contributed by atoms with Crippen molar-refractivity contribution in [2.24, 2.45) is 23.7 Å². The number of ether oxygens (including phenoxy) is 1. The molecule has 0 aromatic heterocycles. The van der Waals surface area contributed by atoms with E-state index in [1.165, 1.54) is 11.2 Å². The summed E-state index contributed by atoms with van der Waals surface area (Å²) in [6.07, 6.45) is -1.14. The molecule has 3 N–H and O–H groups in total. The van der Waals surface area contributed by atoms with Gasteiger partial charge in [-0.15, -0.1) is 0 Å². The minimum absolute atomic E-state index is 0.00208. The summed E-state index contributed by atoms with van der Waals surface area (Å²) in [7, 11) is 3.36. The molecule has 3 aliphatic rings. The lowest BCUT2D eigenvalue weighted by atomic mass is 9.75. The van der Waals surface area contributed by atoms with E-state index in [9.17, 15) is 22.8 Å². The molecule has 2 aromatic carbocycles. The number of nitrogens with one attached hydrogen (secondary N) is 3. The number of amides is 2. The zero-order chi connectivity index (χ0) is 34.3. The molecule has 2 heterocycles. The molecule has 252 valence electrons. The standard InChI is InChI=1S/C27H28F3N3O3.C8H15N3/c1-3-7-25(34)32-14-19(20(15-32)17-36-2)13-31-12-18-10-22-23(24(11-18)27(28,29)30)16-33(26(22)35)21-8-5-4-6-9-21;1-6-3-7(4-6)8(10)11(2)5-9/h4-6,8-11,19-20,31H,12-17H2,1-2H3;5-7,9-10H,3-4H2,1-2H3. The van der Waals surface area contributed by atoms with Gasteiger partial charge < -0.3 is 24.8 Å². The van der Waals surface area contributed by atoms with E-state index in [4.69, 9.17) is 15.6 Å². The highest BCUT2D eigenvalue weighted by molar-refractivity contribution is 6.10. The molecule has 2 amide bonds. The summed E-state index contributed by atoms with van der Waals surface area (Å²) in [4.78, 5) is 29.9. The Labute approximate surface area is 274 Å². The number of amidine groups is 1. The van der Waals surface area contributed by atoms with Gasteiger partial charge in [-0.25, -0.2) is 0 Å². The first-order valence-corrected chi connectivity index (χ1v) is 15.7. The minimum Gasteiger partial charge on any atom is -0.384 e. The average Bonchev–Trinajstić information content (AvgIpc) is 3.59. The predicted octanol–water partition coefficient (Wildman–Crippen LogP) is 5.25. The van der Waals surface area contributed by atoms with E-state index < -0.39 is 17.6 Å². The smallest absolute Gasteiger partial charge is 0.384 e. The van der Waals surface area contributed by atoms with Crippen LogP contribution in [0.3, 0.4) is 0 Å². The first kappa shape index (κ1) is 35.6. The molecule has 2 atom stereocenters. The molecule has 2 fully saturated rings. The monoisotopic (exact) mass is 652 g/mol. The number of carbonyl (C=O) groups excluding carboxylic acids is 2. The fourth-order valence-electron chi connectivity index (χ4n) is 6.45. The molecule has 2 aromatic rings. The molecular formula is C35H43F3N6O3. The number of halogens is 3. The van der Waals surface area contributed by atoms with E-state index in [1.54, 1.807) is 67.3 Å². The van der Waals surface area contributed by atoms with Gasteiger partial charge in [-0.2, -0.15) is 13.2 Å². The van der Waals surface area contributed by atoms with Crippen LogP contribution in [0.5, 0.6) is 0 Å². The number of likely N-dealkylation sites (tertiary alicyclic amines) is 1. The zero-order valence-electron chi connectivity index (χ0n) is 27.3. The van der Waals surface area contributed by atoms with Crippen LogP contribution in [0.4, 0.5) is 18.9 Å². The average molecular weight is 653 g/mol. The number of methoxy groups -OCH3 is 1. The van der Waals surface area contributed by atoms with Gasteiger partial charge in [-0.3, -0.25) is 20.4 Å².